The first-order valence-electron chi connectivity index (χ1n) is 4.45. The van der Waals surface area contributed by atoms with Crippen molar-refractivity contribution in [2.24, 2.45) is 0 Å². The van der Waals surface area contributed by atoms with Crippen LogP contribution in [-0.2, 0) is 11.3 Å². The number of hydrogen-bond acceptors (Lipinski definition) is 4. The first kappa shape index (κ1) is 10.7. The van der Waals surface area contributed by atoms with Gasteiger partial charge in [-0.15, -0.1) is 0 Å². The minimum atomic E-state index is -0.353. The highest BCUT2D eigenvalue weighted by Crippen LogP contribution is 2.00. The Morgan fingerprint density at radius 3 is 3.07 bits per heavy atom. The van der Waals surface area contributed by atoms with Gasteiger partial charge in [0.2, 0.25) is 0 Å². The minimum absolute atomic E-state index is 0.320. The molecular formula is C9H15N3O2. The largest absolute Gasteiger partial charge is 0.465 e. The van der Waals surface area contributed by atoms with E-state index in [2.05, 4.69) is 15.2 Å². The molecule has 0 aliphatic rings. The third-order valence-electron chi connectivity index (χ3n) is 2.01. The third kappa shape index (κ3) is 2.56. The van der Waals surface area contributed by atoms with Gasteiger partial charge in [0, 0.05) is 12.2 Å². The van der Waals surface area contributed by atoms with Crippen molar-refractivity contribution < 1.29 is 9.53 Å². The molecule has 1 unspecified atom stereocenters. The van der Waals surface area contributed by atoms with E-state index in [1.807, 2.05) is 14.0 Å². The smallest absolute Gasteiger partial charge is 0.341 e. The van der Waals surface area contributed by atoms with E-state index in [9.17, 15) is 4.79 Å². The molecule has 0 fully saturated rings. The summed E-state index contributed by atoms with van der Waals surface area (Å²) in [5, 5.41) is 7.14. The molecule has 0 saturated carbocycles. The number of hydrogen-bond donors (Lipinski definition) is 1. The lowest BCUT2D eigenvalue weighted by atomic mass is 10.3. The number of ether oxygens (including phenoxy) is 1. The molecule has 0 radical (unpaired) electrons. The molecule has 0 amide bonds. The first-order valence-corrected chi connectivity index (χ1v) is 4.45. The van der Waals surface area contributed by atoms with Gasteiger partial charge in [-0.2, -0.15) is 5.10 Å². The predicted molar refractivity (Wildman–Crippen MR) is 52.1 cm³/mol. The molecule has 1 aromatic heterocycles. The van der Waals surface area contributed by atoms with Gasteiger partial charge in [0.1, 0.15) is 0 Å². The number of rotatable bonds is 4. The van der Waals surface area contributed by atoms with Crippen LogP contribution in [0, 0.1) is 0 Å². The maximum atomic E-state index is 11.1. The SMILES string of the molecule is CNC(C)Cn1cc(C(=O)OC)cn1. The lowest BCUT2D eigenvalue weighted by molar-refractivity contribution is 0.0600. The number of aromatic nitrogens is 2. The monoisotopic (exact) mass is 197 g/mol. The maximum absolute atomic E-state index is 11.1. The predicted octanol–water partition coefficient (Wildman–Crippen LogP) is 0.278. The topological polar surface area (TPSA) is 56.2 Å². The fourth-order valence-corrected chi connectivity index (χ4v) is 1.06. The summed E-state index contributed by atoms with van der Waals surface area (Å²) in [6.45, 7) is 2.77. The van der Waals surface area contributed by atoms with Gasteiger partial charge in [0.15, 0.2) is 0 Å². The Morgan fingerprint density at radius 2 is 2.50 bits per heavy atom. The molecule has 0 aromatic carbocycles. The van der Waals surface area contributed by atoms with Crippen LogP contribution in [0.25, 0.3) is 0 Å². The quantitative estimate of drug-likeness (QED) is 0.704. The van der Waals surface area contributed by atoms with Gasteiger partial charge < -0.3 is 10.1 Å². The van der Waals surface area contributed by atoms with E-state index in [-0.39, 0.29) is 5.97 Å². The number of nitrogens with zero attached hydrogens (tertiary/aromatic N) is 2. The van der Waals surface area contributed by atoms with Crippen LogP contribution in [0.15, 0.2) is 12.4 Å². The number of methoxy groups -OCH3 is 1. The zero-order chi connectivity index (χ0) is 10.6. The molecule has 0 spiro atoms. The minimum Gasteiger partial charge on any atom is -0.465 e. The van der Waals surface area contributed by atoms with Crippen LogP contribution in [0.4, 0.5) is 0 Å². The van der Waals surface area contributed by atoms with E-state index < -0.39 is 0 Å². The number of likely N-dealkylation sites (N-methyl/N-ethyl adjacent to an activating group) is 1. The normalized spacial score (nSPS) is 12.5. The van der Waals surface area contributed by atoms with Crippen LogP contribution in [0.3, 0.4) is 0 Å². The van der Waals surface area contributed by atoms with Crippen LogP contribution >= 0.6 is 0 Å². The third-order valence-corrected chi connectivity index (χ3v) is 2.01. The number of nitrogens with one attached hydrogen (secondary N) is 1. The van der Waals surface area contributed by atoms with E-state index >= 15 is 0 Å². The highest BCUT2D eigenvalue weighted by atomic mass is 16.5. The molecule has 0 bridgehead atoms. The van der Waals surface area contributed by atoms with Crippen molar-refractivity contribution in [3.05, 3.63) is 18.0 Å². The van der Waals surface area contributed by atoms with E-state index in [4.69, 9.17) is 0 Å². The molecule has 1 N–H and O–H groups in total. The van der Waals surface area contributed by atoms with Gasteiger partial charge >= 0.3 is 5.97 Å². The van der Waals surface area contributed by atoms with E-state index in [0.717, 1.165) is 6.54 Å². The zero-order valence-electron chi connectivity index (χ0n) is 8.65. The molecule has 0 aliphatic carbocycles. The fraction of sp³-hybridized carbons (Fsp3) is 0.556. The van der Waals surface area contributed by atoms with Crippen LogP contribution in [0.5, 0.6) is 0 Å². The number of carbonyl (C=O) groups is 1. The fourth-order valence-electron chi connectivity index (χ4n) is 1.06. The summed E-state index contributed by atoms with van der Waals surface area (Å²) >= 11 is 0. The van der Waals surface area contributed by atoms with Crippen molar-refractivity contribution in [3.63, 3.8) is 0 Å². The average molecular weight is 197 g/mol. The van der Waals surface area contributed by atoms with Gasteiger partial charge in [-0.1, -0.05) is 0 Å². The second-order valence-electron chi connectivity index (χ2n) is 3.13. The Balaban J connectivity index is 2.63. The van der Waals surface area contributed by atoms with Crippen molar-refractivity contribution in [1.82, 2.24) is 15.1 Å². The summed E-state index contributed by atoms with van der Waals surface area (Å²) in [6, 6.07) is 0.320. The molecule has 1 rings (SSSR count). The summed E-state index contributed by atoms with van der Waals surface area (Å²) in [6.07, 6.45) is 3.19. The number of carbonyl (C=O) groups excluding carboxylic acids is 1. The second-order valence-corrected chi connectivity index (χ2v) is 3.13. The van der Waals surface area contributed by atoms with Crippen molar-refractivity contribution in [2.45, 2.75) is 19.5 Å². The molecule has 1 atom stereocenters. The summed E-state index contributed by atoms with van der Waals surface area (Å²) in [5.41, 5.74) is 0.482. The van der Waals surface area contributed by atoms with E-state index in [1.54, 1.807) is 10.9 Å². The van der Waals surface area contributed by atoms with Crippen LogP contribution < -0.4 is 5.32 Å². The standard InChI is InChI=1S/C9H15N3O2/c1-7(10-2)5-12-6-8(4-11-12)9(13)14-3/h4,6-7,10H,5H2,1-3H3. The van der Waals surface area contributed by atoms with Gasteiger partial charge in [-0.05, 0) is 14.0 Å². The lowest BCUT2D eigenvalue weighted by Gasteiger charge is -2.08. The Kier molecular flexibility index (Phi) is 3.64. The van der Waals surface area contributed by atoms with Crippen molar-refractivity contribution in [3.8, 4) is 0 Å². The summed E-state index contributed by atoms with van der Waals surface area (Å²) in [4.78, 5) is 11.1. The molecule has 78 valence electrons. The Bertz CT molecular complexity index is 309. The van der Waals surface area contributed by atoms with Gasteiger partial charge in [0.25, 0.3) is 0 Å². The van der Waals surface area contributed by atoms with Crippen molar-refractivity contribution >= 4 is 5.97 Å². The van der Waals surface area contributed by atoms with Gasteiger partial charge in [-0.3, -0.25) is 4.68 Å². The van der Waals surface area contributed by atoms with Gasteiger partial charge in [0.05, 0.1) is 25.4 Å². The second kappa shape index (κ2) is 4.76. The van der Waals surface area contributed by atoms with Crippen LogP contribution in [-0.4, -0.2) is 35.9 Å². The average Bonchev–Trinajstić information content (AvgIpc) is 2.65. The number of esters is 1. The van der Waals surface area contributed by atoms with E-state index in [1.165, 1.54) is 13.3 Å². The van der Waals surface area contributed by atoms with Crippen LogP contribution in [0.1, 0.15) is 17.3 Å². The molecule has 5 heteroatoms. The molecular weight excluding hydrogens is 182 g/mol. The van der Waals surface area contributed by atoms with Crippen molar-refractivity contribution in [1.29, 1.82) is 0 Å². The molecule has 1 heterocycles. The molecule has 0 saturated heterocycles. The lowest BCUT2D eigenvalue weighted by Crippen LogP contribution is -2.26. The molecule has 14 heavy (non-hydrogen) atoms. The van der Waals surface area contributed by atoms with Crippen LogP contribution in [0.2, 0.25) is 0 Å². The maximum Gasteiger partial charge on any atom is 0.341 e. The van der Waals surface area contributed by atoms with E-state index in [0.29, 0.717) is 11.6 Å². The molecule has 1 aromatic rings. The molecule has 5 nitrogen and oxygen atoms in total. The Hall–Kier alpha value is -1.36. The Labute approximate surface area is 83.1 Å². The zero-order valence-corrected chi connectivity index (χ0v) is 8.65. The highest BCUT2D eigenvalue weighted by Gasteiger charge is 2.08. The van der Waals surface area contributed by atoms with Gasteiger partial charge in [-0.25, -0.2) is 4.79 Å². The summed E-state index contributed by atoms with van der Waals surface area (Å²) in [5.74, 6) is -0.353. The van der Waals surface area contributed by atoms with Crippen molar-refractivity contribution in [2.75, 3.05) is 14.2 Å². The Morgan fingerprint density at radius 1 is 1.79 bits per heavy atom. The highest BCUT2D eigenvalue weighted by molar-refractivity contribution is 5.88. The molecule has 0 aliphatic heterocycles. The summed E-state index contributed by atoms with van der Waals surface area (Å²) < 4.78 is 6.29. The summed E-state index contributed by atoms with van der Waals surface area (Å²) in [7, 11) is 3.24. The first-order chi connectivity index (χ1) is 6.67.